The van der Waals surface area contributed by atoms with Crippen LogP contribution in [0.15, 0.2) is 0 Å². The van der Waals surface area contributed by atoms with E-state index in [2.05, 4.69) is 20.8 Å². The van der Waals surface area contributed by atoms with Gasteiger partial charge in [-0.3, -0.25) is 4.79 Å². The zero-order chi connectivity index (χ0) is 35.4. The molecule has 5 aliphatic carbocycles. The summed E-state index contributed by atoms with van der Waals surface area (Å²) < 4.78 is 11.8. The predicted octanol–water partition coefficient (Wildman–Crippen LogP) is 2.44. The molecule has 1 saturated heterocycles. The van der Waals surface area contributed by atoms with E-state index >= 15 is 0 Å². The lowest BCUT2D eigenvalue weighted by atomic mass is 9.41. The van der Waals surface area contributed by atoms with Crippen molar-refractivity contribution in [2.45, 2.75) is 154 Å². The lowest BCUT2D eigenvalue weighted by molar-refractivity contribution is -0.330. The Bertz CT molecular complexity index is 1220. The van der Waals surface area contributed by atoms with Crippen molar-refractivity contribution in [1.82, 2.24) is 0 Å². The van der Waals surface area contributed by atoms with Crippen LogP contribution in [-0.4, -0.2) is 109 Å². The molecular formula is C37H62O11. The molecule has 6 aliphatic rings. The van der Waals surface area contributed by atoms with Crippen LogP contribution in [0.25, 0.3) is 0 Å². The largest absolute Gasteiger partial charge is 0.481 e. The minimum absolute atomic E-state index is 0.0320. The maximum atomic E-state index is 13.3. The molecule has 0 aromatic heterocycles. The van der Waals surface area contributed by atoms with Gasteiger partial charge in [-0.25, -0.2) is 0 Å². The zero-order valence-electron chi connectivity index (χ0n) is 29.7. The van der Waals surface area contributed by atoms with Crippen molar-refractivity contribution in [3.05, 3.63) is 0 Å². The second-order valence-corrected chi connectivity index (χ2v) is 18.3. The number of carboxylic acids is 1. The van der Waals surface area contributed by atoms with Gasteiger partial charge in [-0.05, 0) is 118 Å². The van der Waals surface area contributed by atoms with Crippen molar-refractivity contribution in [2.24, 2.45) is 56.7 Å². The number of ether oxygens (including phenoxy) is 2. The van der Waals surface area contributed by atoms with Crippen LogP contribution in [0.3, 0.4) is 0 Å². The van der Waals surface area contributed by atoms with E-state index in [0.717, 1.165) is 51.4 Å². The van der Waals surface area contributed by atoms with E-state index in [1.165, 1.54) is 0 Å². The van der Waals surface area contributed by atoms with E-state index in [4.69, 9.17) is 9.47 Å². The van der Waals surface area contributed by atoms with Gasteiger partial charge in [0.1, 0.15) is 24.4 Å². The number of fused-ring (bicyclic) bond motifs is 2. The summed E-state index contributed by atoms with van der Waals surface area (Å²) in [4.78, 5) is 13.3. The van der Waals surface area contributed by atoms with Gasteiger partial charge in [0.25, 0.3) is 0 Å². The van der Waals surface area contributed by atoms with Crippen LogP contribution in [0.1, 0.15) is 106 Å². The highest BCUT2D eigenvalue weighted by Gasteiger charge is 2.86. The lowest BCUT2D eigenvalue weighted by Crippen LogP contribution is -2.66. The number of aliphatic hydroxyl groups excluding tert-OH is 6. The molecule has 0 aromatic rings. The molecule has 17 unspecified atom stereocenters. The van der Waals surface area contributed by atoms with Crippen LogP contribution in [0, 0.1) is 56.7 Å². The molecule has 0 bridgehead atoms. The average Bonchev–Trinajstić information content (AvgIpc) is 3.63. The molecule has 17 atom stereocenters. The third-order valence-electron chi connectivity index (χ3n) is 16.3. The highest BCUT2D eigenvalue weighted by Crippen LogP contribution is 2.89. The molecular weight excluding hydrogens is 620 g/mol. The van der Waals surface area contributed by atoms with Gasteiger partial charge >= 0.3 is 5.97 Å². The summed E-state index contributed by atoms with van der Waals surface area (Å²) in [5.74, 6) is -0.259. The van der Waals surface area contributed by atoms with Gasteiger partial charge in [-0.15, -0.1) is 0 Å². The summed E-state index contributed by atoms with van der Waals surface area (Å²) in [5.41, 5.74) is -2.91. The first-order valence-corrected chi connectivity index (χ1v) is 18.5. The maximum Gasteiger partial charge on any atom is 0.312 e. The lowest BCUT2D eigenvalue weighted by Gasteiger charge is -2.64. The number of aliphatic hydroxyl groups is 7. The highest BCUT2D eigenvalue weighted by molar-refractivity contribution is 5.76. The van der Waals surface area contributed by atoms with Gasteiger partial charge < -0.3 is 50.3 Å². The molecule has 0 amide bonds. The Morgan fingerprint density at radius 2 is 1.58 bits per heavy atom. The molecule has 6 rings (SSSR count). The first kappa shape index (κ1) is 36.9. The minimum atomic E-state index is -1.66. The minimum Gasteiger partial charge on any atom is -0.481 e. The number of carboxylic acid groups (broad SMARTS) is 1. The van der Waals surface area contributed by atoms with Gasteiger partial charge in [0.15, 0.2) is 6.29 Å². The fourth-order valence-electron chi connectivity index (χ4n) is 13.2. The van der Waals surface area contributed by atoms with Gasteiger partial charge in [-0.1, -0.05) is 20.8 Å². The maximum absolute atomic E-state index is 13.3. The quantitative estimate of drug-likeness (QED) is 0.158. The summed E-state index contributed by atoms with van der Waals surface area (Å²) in [5, 5.41) is 84.5. The van der Waals surface area contributed by atoms with Gasteiger partial charge in [0, 0.05) is 24.4 Å². The molecule has 48 heavy (non-hydrogen) atoms. The third kappa shape index (κ3) is 4.88. The SMILES string of the molecule is CC(CCC(CO)C(C)(C)O)C1CCC2(C)C3CCC4C(C)(C(=O)O)C(OC5OC(CO)C(O)C(O)C5O)CC(O)C45CC35CCC12C. The monoisotopic (exact) mass is 682 g/mol. The zero-order valence-corrected chi connectivity index (χ0v) is 29.7. The van der Waals surface area contributed by atoms with E-state index in [1.54, 1.807) is 20.8 Å². The van der Waals surface area contributed by atoms with E-state index < -0.39 is 71.9 Å². The summed E-state index contributed by atoms with van der Waals surface area (Å²) in [7, 11) is 0. The Balaban J connectivity index is 1.24. The average molecular weight is 683 g/mol. The topological polar surface area (TPSA) is 197 Å². The molecule has 2 spiro atoms. The highest BCUT2D eigenvalue weighted by atomic mass is 16.7. The van der Waals surface area contributed by atoms with Crippen LogP contribution < -0.4 is 0 Å². The van der Waals surface area contributed by atoms with Crippen LogP contribution in [0.4, 0.5) is 0 Å². The molecule has 11 nitrogen and oxygen atoms in total. The molecule has 8 N–H and O–H groups in total. The summed E-state index contributed by atoms with van der Waals surface area (Å²) in [6.45, 7) is 11.9. The fraction of sp³-hybridized carbons (Fsp3) is 0.973. The van der Waals surface area contributed by atoms with Gasteiger partial charge in [-0.2, -0.15) is 0 Å². The summed E-state index contributed by atoms with van der Waals surface area (Å²) in [6.07, 6.45) is -1.12. The van der Waals surface area contributed by atoms with Crippen molar-refractivity contribution < 1.29 is 55.1 Å². The molecule has 0 radical (unpaired) electrons. The number of aliphatic carboxylic acids is 1. The fourth-order valence-corrected chi connectivity index (χ4v) is 13.2. The molecule has 1 heterocycles. The third-order valence-corrected chi connectivity index (χ3v) is 16.3. The smallest absolute Gasteiger partial charge is 0.312 e. The molecule has 6 fully saturated rings. The number of hydrogen-bond acceptors (Lipinski definition) is 10. The van der Waals surface area contributed by atoms with Crippen LogP contribution >= 0.6 is 0 Å². The molecule has 276 valence electrons. The first-order chi connectivity index (χ1) is 22.3. The standard InChI is InChI=1S/C37H62O11/c1-19(7-8-20(16-38)32(2,3)46)21-11-12-34(5)23-9-10-24-35(6,31(44)45)26(48-30-29(43)28(42)27(41)22(17-39)47-30)15-25(40)37(24)18-36(23,37)14-13-33(21,34)4/h19-30,38-43,46H,7-18H2,1-6H3,(H,44,45). The van der Waals surface area contributed by atoms with Crippen LogP contribution in [0.2, 0.25) is 0 Å². The Hall–Kier alpha value is -0.890. The second-order valence-electron chi connectivity index (χ2n) is 18.3. The van der Waals surface area contributed by atoms with Crippen molar-refractivity contribution in [3.8, 4) is 0 Å². The molecule has 0 aromatic carbocycles. The number of carbonyl (C=O) groups is 1. The predicted molar refractivity (Wildman–Crippen MR) is 174 cm³/mol. The molecule has 1 aliphatic heterocycles. The Morgan fingerprint density at radius 1 is 0.917 bits per heavy atom. The Morgan fingerprint density at radius 3 is 2.19 bits per heavy atom. The normalized spacial score (nSPS) is 52.8. The number of rotatable bonds is 10. The van der Waals surface area contributed by atoms with Gasteiger partial charge in [0.05, 0.1) is 29.8 Å². The van der Waals surface area contributed by atoms with Gasteiger partial charge in [0.2, 0.25) is 0 Å². The van der Waals surface area contributed by atoms with E-state index in [0.29, 0.717) is 24.2 Å². The van der Waals surface area contributed by atoms with Crippen molar-refractivity contribution in [3.63, 3.8) is 0 Å². The molecule has 5 saturated carbocycles. The van der Waals surface area contributed by atoms with Crippen molar-refractivity contribution in [2.75, 3.05) is 13.2 Å². The Labute approximate surface area is 285 Å². The van der Waals surface area contributed by atoms with Crippen molar-refractivity contribution in [1.29, 1.82) is 0 Å². The van der Waals surface area contributed by atoms with Crippen molar-refractivity contribution >= 4 is 5.97 Å². The Kier molecular flexibility index (Phi) is 9.29. The number of hydrogen-bond donors (Lipinski definition) is 8. The van der Waals surface area contributed by atoms with E-state index in [9.17, 15) is 45.6 Å². The molecule has 11 heteroatoms. The second kappa shape index (κ2) is 12.1. The first-order valence-electron chi connectivity index (χ1n) is 18.5. The van der Waals surface area contributed by atoms with E-state index in [-0.39, 0.29) is 41.1 Å². The summed E-state index contributed by atoms with van der Waals surface area (Å²) >= 11 is 0. The van der Waals surface area contributed by atoms with Crippen LogP contribution in [-0.2, 0) is 14.3 Å². The van der Waals surface area contributed by atoms with E-state index in [1.807, 2.05) is 0 Å². The summed E-state index contributed by atoms with van der Waals surface area (Å²) in [6, 6.07) is 0. The van der Waals surface area contributed by atoms with Crippen LogP contribution in [0.5, 0.6) is 0 Å².